The minimum Gasteiger partial charge on any atom is -0.329 e. The normalized spacial score (nSPS) is 19.9. The largest absolute Gasteiger partial charge is 0.329 e. The van der Waals surface area contributed by atoms with Crippen molar-refractivity contribution in [2.24, 2.45) is 0 Å². The van der Waals surface area contributed by atoms with Gasteiger partial charge in [-0.15, -0.1) is 0 Å². The number of hydrogen-bond acceptors (Lipinski definition) is 21. The first-order valence-electron chi connectivity index (χ1n) is 49.2. The summed E-state index contributed by atoms with van der Waals surface area (Å²) in [5.41, 5.74) is 12.2. The zero-order valence-corrected chi connectivity index (χ0v) is 85.8. The van der Waals surface area contributed by atoms with Gasteiger partial charge in [-0.1, -0.05) is 142 Å². The number of Topliss-reactive ketones (excluding diaryl/α,β-unsaturated/α-hetero) is 2. The van der Waals surface area contributed by atoms with Gasteiger partial charge in [-0.25, -0.2) is 39.3 Å². The summed E-state index contributed by atoms with van der Waals surface area (Å²) in [7, 11) is 0. The van der Waals surface area contributed by atoms with Gasteiger partial charge in [0.25, 0.3) is 38.9 Å². The van der Waals surface area contributed by atoms with E-state index in [2.05, 4.69) is 108 Å². The standard InChI is InChI=1S/2C17H19N3O2.C17H18N2O2.2C16H17N3O2.C16H16N2O2.C15H15N3O3/c2*1-10-6-5-7-13-14(10)15(21)20(12(3)19-13)17(4)9-8-11(2)18-16(17)22;1-10-7-8-14(15(20)9-10)19-12(3)18-13-6-4-5-11(2)16(13)17(19)21;2*1-9-5-4-6-12-14(9)16(21)19(11(3)18-12)13-8-7-10(2)17-15(13)20;1-10-6-7-13(14(19)8-10)18-9-17-12-5-3-4-11(2)15(12)16(18)20;1-8-4-3-5-10-12(8)14(20)18(15(21)17-10)11-7-6-9(2)16-13(11)19/h2*5-7H,2,8-9H2,1,3-4H3,(H,18,22);4-6,14H,1,7-9H2,2-3H3;2*4-6,13H,2,7-8H2,1,3H3,(H,17,20);3-5,9,13H,1,6-8H2,2H3;3-5,11H,2,6-7H2,1H3,(H,16,19)(H,17,21)/t2*17-;;2*13-;;/m10.10../s1. The van der Waals surface area contributed by atoms with Crippen molar-refractivity contribution >= 4 is 117 Å². The van der Waals surface area contributed by atoms with Crippen molar-refractivity contribution in [1.82, 2.24) is 93.4 Å². The van der Waals surface area contributed by atoms with Crippen LogP contribution in [0.3, 0.4) is 0 Å². The second-order valence-electron chi connectivity index (χ2n) is 39.5. The molecule has 21 rings (SSSR count). The maximum atomic E-state index is 13.0. The lowest BCUT2D eigenvalue weighted by atomic mass is 9.89. The summed E-state index contributed by atoms with van der Waals surface area (Å²) in [6.45, 7) is 52.1. The average molecular weight is 2000 g/mol. The van der Waals surface area contributed by atoms with E-state index in [4.69, 9.17) is 0 Å². The number of nitrogens with zero attached hydrogens (tertiary/aromatic N) is 13. The van der Waals surface area contributed by atoms with E-state index in [0.717, 1.165) is 67.5 Å². The van der Waals surface area contributed by atoms with Crippen LogP contribution in [0.2, 0.25) is 0 Å². The number of aromatic amines is 1. The molecule has 762 valence electrons. The van der Waals surface area contributed by atoms with Crippen LogP contribution in [0.1, 0.15) is 215 Å². The molecule has 5 aliphatic heterocycles. The van der Waals surface area contributed by atoms with Crippen molar-refractivity contribution in [2.75, 3.05) is 0 Å². The number of aryl methyl sites for hydroxylation is 12. The zero-order chi connectivity index (χ0) is 107. The van der Waals surface area contributed by atoms with Crippen LogP contribution < -0.4 is 71.2 Å². The molecular weight excluding hydrogens is 1880 g/mol. The number of carbonyl (C=O) groups excluding carboxylic acids is 7. The van der Waals surface area contributed by atoms with Crippen LogP contribution in [0.4, 0.5) is 0 Å². The number of fused-ring (bicyclic) bond motifs is 7. The highest BCUT2D eigenvalue weighted by Gasteiger charge is 2.44. The van der Waals surface area contributed by atoms with E-state index in [1.54, 1.807) is 78.2 Å². The van der Waals surface area contributed by atoms with Crippen molar-refractivity contribution in [1.29, 1.82) is 0 Å². The molecule has 5 saturated heterocycles. The minimum absolute atomic E-state index is 0.0538. The van der Waals surface area contributed by atoms with Crippen LogP contribution >= 0.6 is 0 Å². The second-order valence-corrected chi connectivity index (χ2v) is 39.5. The summed E-state index contributed by atoms with van der Waals surface area (Å²) in [5.74, 6) is 1.78. The molecule has 148 heavy (non-hydrogen) atoms. The van der Waals surface area contributed by atoms with Crippen LogP contribution in [-0.2, 0) is 44.6 Å². The predicted molar refractivity (Wildman–Crippen MR) is 573 cm³/mol. The van der Waals surface area contributed by atoms with E-state index in [1.807, 2.05) is 151 Å². The number of piperidine rings is 5. The number of allylic oxidation sites excluding steroid dienone is 7. The fourth-order valence-corrected chi connectivity index (χ4v) is 20.8. The monoisotopic (exact) mass is 2000 g/mol. The Balaban J connectivity index is 0.000000129. The molecular formula is C114H121N19O15. The number of benzene rings is 7. The third kappa shape index (κ3) is 20.8. The van der Waals surface area contributed by atoms with E-state index >= 15 is 0 Å². The molecule has 0 spiro atoms. The lowest BCUT2D eigenvalue weighted by molar-refractivity contribution is -0.131. The third-order valence-corrected chi connectivity index (χ3v) is 28.7. The molecule has 2 saturated carbocycles. The van der Waals surface area contributed by atoms with Crippen molar-refractivity contribution in [3.05, 3.63) is 370 Å². The molecule has 0 bridgehead atoms. The third-order valence-electron chi connectivity index (χ3n) is 28.7. The van der Waals surface area contributed by atoms with Gasteiger partial charge < -0.3 is 31.6 Å². The molecule has 0 radical (unpaired) electrons. The molecule has 7 fully saturated rings. The number of ketones is 2. The Hall–Kier alpha value is -16.8. The van der Waals surface area contributed by atoms with Gasteiger partial charge in [-0.05, 0) is 268 Å². The molecule has 14 aromatic rings. The number of amides is 5. The Morgan fingerprint density at radius 3 is 0.905 bits per heavy atom. The lowest BCUT2D eigenvalue weighted by Gasteiger charge is -2.36. The van der Waals surface area contributed by atoms with Crippen molar-refractivity contribution in [2.45, 2.75) is 241 Å². The Bertz CT molecular complexity index is 8140. The fraction of sp³-hybridized carbons (Fsp3) is 0.325. The quantitative estimate of drug-likeness (QED) is 0.0807. The minimum atomic E-state index is -0.939. The summed E-state index contributed by atoms with van der Waals surface area (Å²) >= 11 is 0. The average Bonchev–Trinajstić information content (AvgIpc) is 0.739. The first-order valence-corrected chi connectivity index (χ1v) is 49.2. The van der Waals surface area contributed by atoms with E-state index < -0.39 is 52.5 Å². The molecule has 3 unspecified atom stereocenters. The van der Waals surface area contributed by atoms with Gasteiger partial charge in [0.05, 0.1) is 94.7 Å². The Kier molecular flexibility index (Phi) is 30.5. The summed E-state index contributed by atoms with van der Waals surface area (Å²) < 4.78 is 10.2. The molecule has 7 atom stereocenters. The number of aromatic nitrogens is 14. The van der Waals surface area contributed by atoms with Gasteiger partial charge >= 0.3 is 5.69 Å². The highest BCUT2D eigenvalue weighted by Crippen LogP contribution is 2.36. The van der Waals surface area contributed by atoms with E-state index in [-0.39, 0.29) is 74.5 Å². The number of hydrogen-bond donors (Lipinski definition) is 6. The van der Waals surface area contributed by atoms with Crippen molar-refractivity contribution < 1.29 is 33.6 Å². The highest BCUT2D eigenvalue weighted by atomic mass is 16.2. The summed E-state index contributed by atoms with van der Waals surface area (Å²) in [6, 6.07) is 36.2. The van der Waals surface area contributed by atoms with Crippen LogP contribution in [0.25, 0.3) is 76.3 Å². The van der Waals surface area contributed by atoms with Gasteiger partial charge in [-0.2, -0.15) is 0 Å². The van der Waals surface area contributed by atoms with E-state index in [0.29, 0.717) is 224 Å². The van der Waals surface area contributed by atoms with Gasteiger partial charge in [0.2, 0.25) is 29.5 Å². The van der Waals surface area contributed by atoms with Gasteiger partial charge in [0, 0.05) is 41.3 Å². The van der Waals surface area contributed by atoms with Crippen LogP contribution in [-0.4, -0.2) is 108 Å². The van der Waals surface area contributed by atoms with Gasteiger partial charge in [-0.3, -0.25) is 94.5 Å². The topological polar surface area (TPSA) is 444 Å². The summed E-state index contributed by atoms with van der Waals surface area (Å²) in [6.07, 6.45) is 10.9. The zero-order valence-electron chi connectivity index (χ0n) is 85.8. The molecule has 5 amide bonds. The molecule has 12 heterocycles. The van der Waals surface area contributed by atoms with Crippen LogP contribution in [0.15, 0.2) is 258 Å². The molecule has 7 aromatic carbocycles. The van der Waals surface area contributed by atoms with E-state index in [9.17, 15) is 71.9 Å². The van der Waals surface area contributed by atoms with Crippen molar-refractivity contribution in [3.8, 4) is 0 Å². The molecule has 34 nitrogen and oxygen atoms in total. The van der Waals surface area contributed by atoms with Crippen LogP contribution in [0, 0.1) is 83.1 Å². The number of rotatable bonds is 7. The Morgan fingerprint density at radius 1 is 0.291 bits per heavy atom. The molecule has 7 aromatic heterocycles. The second kappa shape index (κ2) is 42.8. The highest BCUT2D eigenvalue weighted by molar-refractivity contribution is 5.93. The molecule has 34 heteroatoms. The maximum Gasteiger partial charge on any atom is 0.329 e. The first-order chi connectivity index (χ1) is 70.2. The SMILES string of the molecule is C=C1CCC(n2c(=O)[nH]c3cccc(C)c3c2=O)C(=O)N1.C=C1CCC(n2c(C)nc3cccc(C)c3c2=O)C(=O)C1.C=C1CCC(n2cnc3cccc(C)c3c2=O)C(=O)C1.C=C1CC[C@@H](n2c(C)nc3cccc(C)c3c2=O)C(=O)N1.C=C1CC[C@@](C)(n2c(C)nc3cccc(C)c3c2=O)C(=O)N1.C=C1CC[C@H](n2c(C)nc3cccc(C)c3c2=O)C(=O)N1.C=C1CC[C@](C)(n2c(C)nc3cccc(C)c3c2=O)C(=O)N1. The summed E-state index contributed by atoms with van der Waals surface area (Å²) in [4.78, 5) is 217. The van der Waals surface area contributed by atoms with Crippen molar-refractivity contribution in [3.63, 3.8) is 0 Å². The molecule has 7 aliphatic rings. The van der Waals surface area contributed by atoms with Gasteiger partial charge in [0.1, 0.15) is 58.3 Å². The van der Waals surface area contributed by atoms with E-state index in [1.165, 1.54) is 29.2 Å². The van der Waals surface area contributed by atoms with Gasteiger partial charge in [0.15, 0.2) is 11.6 Å². The number of carbonyl (C=O) groups is 7. The smallest absolute Gasteiger partial charge is 0.329 e. The molecule has 6 N–H and O–H groups in total. The maximum absolute atomic E-state index is 13.0. The summed E-state index contributed by atoms with van der Waals surface area (Å²) in [5, 5.41) is 17.5. The Morgan fingerprint density at radius 2 is 0.568 bits per heavy atom. The molecule has 2 aliphatic carbocycles. The Labute approximate surface area is 851 Å². The fourth-order valence-electron chi connectivity index (χ4n) is 20.8. The van der Waals surface area contributed by atoms with Crippen LogP contribution in [0.5, 0.6) is 0 Å². The number of H-pyrrole nitrogens is 1. The lowest BCUT2D eigenvalue weighted by Crippen LogP contribution is -2.54. The number of nitrogens with one attached hydrogen (secondary N) is 6. The predicted octanol–water partition coefficient (Wildman–Crippen LogP) is 14.6. The first kappa shape index (κ1) is 105.